The topological polar surface area (TPSA) is 118 Å². The molecule has 4 rings (SSSR count). The molecule has 40 heavy (non-hydrogen) atoms. The van der Waals surface area contributed by atoms with Crippen molar-refractivity contribution >= 4 is 15.9 Å². The highest BCUT2D eigenvalue weighted by Crippen LogP contribution is 2.34. The minimum atomic E-state index is -4.90. The zero-order valence-corrected chi connectivity index (χ0v) is 21.1. The van der Waals surface area contributed by atoms with E-state index in [1.807, 2.05) is 0 Å². The molecule has 0 saturated carbocycles. The molecule has 3 aromatic heterocycles. The van der Waals surface area contributed by atoms with Gasteiger partial charge in [-0.2, -0.15) is 30.6 Å². The zero-order chi connectivity index (χ0) is 29.5. The van der Waals surface area contributed by atoms with E-state index in [9.17, 15) is 43.9 Å². The lowest BCUT2D eigenvalue weighted by Gasteiger charge is -2.26. The standard InChI is InChI=1S/C23H19F7N6O3S/c1-12-2-4-18(36(12)40(38,39)19-5-3-15(24)10-32-19)20(37)33-7-13-6-17(31-11-16(13)22(25,26)27)14-8-34-21(35-9-14)23(28,29)30/h3,5-6,8-12,18H,2,4,7H2,1H3,(H,33,37)/t12-,18-/m0/s1. The largest absolute Gasteiger partial charge is 0.451 e. The molecule has 0 aliphatic carbocycles. The minimum absolute atomic E-state index is 0.0596. The van der Waals surface area contributed by atoms with Gasteiger partial charge in [-0.05, 0) is 43.5 Å². The molecule has 214 valence electrons. The summed E-state index contributed by atoms with van der Waals surface area (Å²) >= 11 is 0. The fourth-order valence-electron chi connectivity index (χ4n) is 4.20. The molecular formula is C23H19F7N6O3S. The lowest BCUT2D eigenvalue weighted by Crippen LogP contribution is -2.48. The summed E-state index contributed by atoms with van der Waals surface area (Å²) in [5, 5.41) is 1.81. The van der Waals surface area contributed by atoms with Crippen LogP contribution in [0.3, 0.4) is 0 Å². The van der Waals surface area contributed by atoms with Gasteiger partial charge in [-0.3, -0.25) is 9.78 Å². The normalized spacial score (nSPS) is 18.6. The van der Waals surface area contributed by atoms with Crippen LogP contribution >= 0.6 is 0 Å². The van der Waals surface area contributed by atoms with Crippen LogP contribution in [0.15, 0.2) is 48.0 Å². The van der Waals surface area contributed by atoms with Gasteiger partial charge in [0, 0.05) is 36.7 Å². The monoisotopic (exact) mass is 592 g/mol. The number of amides is 1. The molecule has 1 amide bonds. The first kappa shape index (κ1) is 29.3. The average Bonchev–Trinajstić information content (AvgIpc) is 3.28. The average molecular weight is 592 g/mol. The molecule has 0 spiro atoms. The Morgan fingerprint density at radius 3 is 2.23 bits per heavy atom. The molecule has 1 aliphatic heterocycles. The van der Waals surface area contributed by atoms with Crippen LogP contribution < -0.4 is 5.32 Å². The Morgan fingerprint density at radius 2 is 1.65 bits per heavy atom. The third kappa shape index (κ3) is 6.04. The molecule has 1 N–H and O–H groups in total. The fraction of sp³-hybridized carbons (Fsp3) is 0.348. The third-order valence-electron chi connectivity index (χ3n) is 6.09. The van der Waals surface area contributed by atoms with Gasteiger partial charge in [0.1, 0.15) is 11.9 Å². The Bertz CT molecular complexity index is 1500. The Morgan fingerprint density at radius 1 is 0.975 bits per heavy atom. The Balaban J connectivity index is 1.59. The minimum Gasteiger partial charge on any atom is -0.351 e. The highest BCUT2D eigenvalue weighted by molar-refractivity contribution is 7.89. The van der Waals surface area contributed by atoms with Crippen LogP contribution in [0.4, 0.5) is 30.7 Å². The van der Waals surface area contributed by atoms with Crippen molar-refractivity contribution in [2.45, 2.75) is 55.8 Å². The number of carbonyl (C=O) groups excluding carboxylic acids is 1. The van der Waals surface area contributed by atoms with Gasteiger partial charge in [-0.25, -0.2) is 27.8 Å². The number of rotatable bonds is 6. The van der Waals surface area contributed by atoms with Crippen molar-refractivity contribution in [3.8, 4) is 11.3 Å². The van der Waals surface area contributed by atoms with Crippen LogP contribution in [0, 0.1) is 5.82 Å². The maximum absolute atomic E-state index is 13.7. The Labute approximate surface area is 222 Å². The zero-order valence-electron chi connectivity index (χ0n) is 20.3. The summed E-state index contributed by atoms with van der Waals surface area (Å²) in [6.07, 6.45) is -6.74. The second-order valence-electron chi connectivity index (χ2n) is 8.83. The summed E-state index contributed by atoms with van der Waals surface area (Å²) < 4.78 is 120. The van der Waals surface area contributed by atoms with Gasteiger partial charge in [0.15, 0.2) is 5.03 Å². The summed E-state index contributed by atoms with van der Waals surface area (Å²) in [4.78, 5) is 26.6. The molecule has 0 aromatic carbocycles. The number of pyridine rings is 2. The molecule has 0 radical (unpaired) electrons. The van der Waals surface area contributed by atoms with E-state index in [-0.39, 0.29) is 24.1 Å². The number of carbonyl (C=O) groups is 1. The molecule has 1 fully saturated rings. The maximum atomic E-state index is 13.7. The maximum Gasteiger partial charge on any atom is 0.451 e. The predicted molar refractivity (Wildman–Crippen MR) is 123 cm³/mol. The van der Waals surface area contributed by atoms with Gasteiger partial charge in [-0.1, -0.05) is 0 Å². The number of hydrogen-bond acceptors (Lipinski definition) is 7. The summed E-state index contributed by atoms with van der Waals surface area (Å²) in [6.45, 7) is 0.829. The molecule has 1 aliphatic rings. The van der Waals surface area contributed by atoms with Crippen LogP contribution in [0.2, 0.25) is 0 Å². The number of hydrogen-bond donors (Lipinski definition) is 1. The van der Waals surface area contributed by atoms with Gasteiger partial charge in [0.25, 0.3) is 10.0 Å². The smallest absolute Gasteiger partial charge is 0.351 e. The van der Waals surface area contributed by atoms with Gasteiger partial charge in [-0.15, -0.1) is 0 Å². The van der Waals surface area contributed by atoms with E-state index < -0.39 is 74.7 Å². The number of aromatic nitrogens is 4. The van der Waals surface area contributed by atoms with E-state index in [1.54, 1.807) is 0 Å². The van der Waals surface area contributed by atoms with E-state index >= 15 is 0 Å². The lowest BCUT2D eigenvalue weighted by molar-refractivity contribution is -0.145. The van der Waals surface area contributed by atoms with E-state index in [1.165, 1.54) is 6.92 Å². The van der Waals surface area contributed by atoms with Crippen molar-refractivity contribution in [2.24, 2.45) is 0 Å². The molecule has 2 atom stereocenters. The molecular weight excluding hydrogens is 573 g/mol. The fourth-order valence-corrected chi connectivity index (χ4v) is 5.96. The second-order valence-corrected chi connectivity index (χ2v) is 10.6. The van der Waals surface area contributed by atoms with Crippen molar-refractivity contribution in [3.05, 3.63) is 65.8 Å². The van der Waals surface area contributed by atoms with E-state index in [0.717, 1.165) is 34.9 Å². The van der Waals surface area contributed by atoms with Crippen LogP contribution in [0.1, 0.15) is 36.7 Å². The van der Waals surface area contributed by atoms with Gasteiger partial charge < -0.3 is 5.32 Å². The molecule has 4 heterocycles. The van der Waals surface area contributed by atoms with Crippen molar-refractivity contribution in [3.63, 3.8) is 0 Å². The first-order chi connectivity index (χ1) is 18.6. The first-order valence-electron chi connectivity index (χ1n) is 11.5. The number of alkyl halides is 6. The quantitative estimate of drug-likeness (QED) is 0.431. The van der Waals surface area contributed by atoms with E-state index in [0.29, 0.717) is 12.4 Å². The Kier molecular flexibility index (Phi) is 7.81. The molecule has 0 bridgehead atoms. The van der Waals surface area contributed by atoms with Gasteiger partial charge in [0.05, 0.1) is 17.5 Å². The van der Waals surface area contributed by atoms with Crippen molar-refractivity contribution < 1.29 is 43.9 Å². The Hall–Kier alpha value is -3.73. The summed E-state index contributed by atoms with van der Waals surface area (Å²) in [5.74, 6) is -3.11. The molecule has 17 heteroatoms. The SMILES string of the molecule is C[C@H]1CC[C@@H](C(=O)NCc2cc(-c3cnc(C(F)(F)F)nc3)ncc2C(F)(F)F)N1S(=O)(=O)c1ccc(F)cn1. The van der Waals surface area contributed by atoms with E-state index in [2.05, 4.69) is 25.3 Å². The number of halogens is 7. The highest BCUT2D eigenvalue weighted by Gasteiger charge is 2.44. The number of nitrogens with one attached hydrogen (secondary N) is 1. The second kappa shape index (κ2) is 10.7. The van der Waals surface area contributed by atoms with Crippen molar-refractivity contribution in [2.75, 3.05) is 0 Å². The molecule has 3 aromatic rings. The summed E-state index contributed by atoms with van der Waals surface area (Å²) in [5.41, 5.74) is -1.99. The third-order valence-corrected chi connectivity index (χ3v) is 8.03. The number of sulfonamides is 1. The lowest BCUT2D eigenvalue weighted by atomic mass is 10.1. The summed E-state index contributed by atoms with van der Waals surface area (Å²) in [6, 6.07) is 0.792. The highest BCUT2D eigenvalue weighted by atomic mass is 32.2. The van der Waals surface area contributed by atoms with Crippen LogP contribution in [-0.4, -0.2) is 50.6 Å². The van der Waals surface area contributed by atoms with Crippen molar-refractivity contribution in [1.29, 1.82) is 0 Å². The van der Waals surface area contributed by atoms with Crippen molar-refractivity contribution in [1.82, 2.24) is 29.6 Å². The number of nitrogens with zero attached hydrogens (tertiary/aromatic N) is 5. The molecule has 1 saturated heterocycles. The molecule has 0 unspecified atom stereocenters. The van der Waals surface area contributed by atoms with E-state index in [4.69, 9.17) is 0 Å². The van der Waals surface area contributed by atoms with Crippen LogP contribution in [0.5, 0.6) is 0 Å². The van der Waals surface area contributed by atoms with Gasteiger partial charge in [0.2, 0.25) is 11.7 Å². The van der Waals surface area contributed by atoms with Crippen LogP contribution in [0.25, 0.3) is 11.3 Å². The summed E-state index contributed by atoms with van der Waals surface area (Å²) in [7, 11) is -4.36. The first-order valence-corrected chi connectivity index (χ1v) is 12.9. The predicted octanol–water partition coefficient (Wildman–Crippen LogP) is 3.97. The van der Waals surface area contributed by atoms with Crippen LogP contribution in [-0.2, 0) is 33.7 Å². The molecule has 9 nitrogen and oxygen atoms in total. The van der Waals surface area contributed by atoms with Gasteiger partial charge >= 0.3 is 12.4 Å².